The Hall–Kier alpha value is -3.84. The van der Waals surface area contributed by atoms with Crippen LogP contribution in [0.4, 0.5) is 4.79 Å². The van der Waals surface area contributed by atoms with Crippen LogP contribution in [0.25, 0.3) is 0 Å². The maximum absolute atomic E-state index is 12.7. The van der Waals surface area contributed by atoms with Crippen LogP contribution in [0.1, 0.15) is 39.4 Å². The molecule has 3 fully saturated rings. The van der Waals surface area contributed by atoms with Gasteiger partial charge in [0.25, 0.3) is 0 Å². The highest BCUT2D eigenvalue weighted by Gasteiger charge is 2.43. The van der Waals surface area contributed by atoms with Crippen molar-refractivity contribution in [1.29, 1.82) is 0 Å². The lowest BCUT2D eigenvalue weighted by atomic mass is 9.74. The number of hydrogen-bond acceptors (Lipinski definition) is 5. The molecule has 0 aromatic heterocycles. The van der Waals surface area contributed by atoms with Gasteiger partial charge in [-0.05, 0) is 53.9 Å². The van der Waals surface area contributed by atoms with Crippen molar-refractivity contribution in [3.63, 3.8) is 0 Å². The molecule has 2 bridgehead atoms. The SMILES string of the molecule is O=C(NCc1cccc(OCc2cccc(C(=O)O)c2)c1)O[C@H]1CN2CCC1C(c1ccccc1)C2. The van der Waals surface area contributed by atoms with E-state index in [1.54, 1.807) is 18.2 Å². The molecule has 0 saturated carbocycles. The second-order valence-electron chi connectivity index (χ2n) is 9.47. The van der Waals surface area contributed by atoms with Crippen LogP contribution in [-0.4, -0.2) is 47.8 Å². The van der Waals surface area contributed by atoms with E-state index in [0.29, 0.717) is 24.1 Å². The van der Waals surface area contributed by atoms with E-state index < -0.39 is 12.1 Å². The van der Waals surface area contributed by atoms with Crippen molar-refractivity contribution < 1.29 is 24.2 Å². The Morgan fingerprint density at radius 2 is 1.75 bits per heavy atom. The van der Waals surface area contributed by atoms with Crippen molar-refractivity contribution in [2.45, 2.75) is 31.6 Å². The summed E-state index contributed by atoms with van der Waals surface area (Å²) in [6.07, 6.45) is 0.512. The number of nitrogens with zero attached hydrogens (tertiary/aromatic N) is 1. The first-order chi connectivity index (χ1) is 17.5. The van der Waals surface area contributed by atoms with E-state index in [9.17, 15) is 9.59 Å². The van der Waals surface area contributed by atoms with Gasteiger partial charge in [-0.25, -0.2) is 9.59 Å². The molecule has 186 valence electrons. The van der Waals surface area contributed by atoms with Crippen LogP contribution in [0.3, 0.4) is 0 Å². The summed E-state index contributed by atoms with van der Waals surface area (Å²) >= 11 is 0. The maximum Gasteiger partial charge on any atom is 0.407 e. The Morgan fingerprint density at radius 3 is 2.56 bits per heavy atom. The van der Waals surface area contributed by atoms with Gasteiger partial charge in [-0.1, -0.05) is 54.6 Å². The van der Waals surface area contributed by atoms with Gasteiger partial charge in [0.2, 0.25) is 0 Å². The summed E-state index contributed by atoms with van der Waals surface area (Å²) in [5.41, 5.74) is 3.20. The molecule has 3 aromatic carbocycles. The molecular formula is C29H30N2O5. The van der Waals surface area contributed by atoms with Crippen LogP contribution >= 0.6 is 0 Å². The van der Waals surface area contributed by atoms with Crippen molar-refractivity contribution in [2.24, 2.45) is 5.92 Å². The monoisotopic (exact) mass is 486 g/mol. The number of rotatable bonds is 8. The fourth-order valence-corrected chi connectivity index (χ4v) is 5.28. The molecule has 0 spiro atoms. The number of fused-ring (bicyclic) bond motifs is 3. The van der Waals surface area contributed by atoms with Crippen molar-refractivity contribution in [2.75, 3.05) is 19.6 Å². The lowest BCUT2D eigenvalue weighted by Crippen LogP contribution is -2.56. The minimum Gasteiger partial charge on any atom is -0.489 e. The maximum atomic E-state index is 12.7. The second-order valence-corrected chi connectivity index (χ2v) is 9.47. The van der Waals surface area contributed by atoms with E-state index in [2.05, 4.69) is 34.5 Å². The first-order valence-electron chi connectivity index (χ1n) is 12.3. The van der Waals surface area contributed by atoms with Gasteiger partial charge in [-0.2, -0.15) is 0 Å². The van der Waals surface area contributed by atoms with Gasteiger partial charge in [0, 0.05) is 31.5 Å². The average molecular weight is 487 g/mol. The fraction of sp³-hybridized carbons (Fsp3) is 0.310. The zero-order valence-corrected chi connectivity index (χ0v) is 20.0. The molecule has 3 aliphatic heterocycles. The predicted octanol–water partition coefficient (Wildman–Crippen LogP) is 4.68. The second kappa shape index (κ2) is 10.8. The van der Waals surface area contributed by atoms with Crippen molar-refractivity contribution in [3.8, 4) is 5.75 Å². The minimum absolute atomic E-state index is 0.117. The molecule has 2 N–H and O–H groups in total. The topological polar surface area (TPSA) is 88.1 Å². The number of carbonyl (C=O) groups is 2. The number of nitrogens with one attached hydrogen (secondary N) is 1. The zero-order valence-electron chi connectivity index (χ0n) is 20.0. The fourth-order valence-electron chi connectivity index (χ4n) is 5.28. The van der Waals surface area contributed by atoms with E-state index in [1.807, 2.05) is 36.4 Å². The Kier molecular flexibility index (Phi) is 7.18. The number of amides is 1. The zero-order chi connectivity index (χ0) is 24.9. The smallest absolute Gasteiger partial charge is 0.407 e. The van der Waals surface area contributed by atoms with Gasteiger partial charge in [0.05, 0.1) is 5.56 Å². The molecule has 3 unspecified atom stereocenters. The summed E-state index contributed by atoms with van der Waals surface area (Å²) in [5, 5.41) is 12.0. The normalized spacial score (nSPS) is 22.6. The van der Waals surface area contributed by atoms with E-state index in [-0.39, 0.29) is 18.3 Å². The first kappa shape index (κ1) is 23.9. The molecule has 7 heteroatoms. The van der Waals surface area contributed by atoms with Crippen LogP contribution < -0.4 is 10.1 Å². The Labute approximate surface area is 210 Å². The Morgan fingerprint density at radius 1 is 0.944 bits per heavy atom. The third-order valence-electron chi connectivity index (χ3n) is 7.07. The Bertz CT molecular complexity index is 1220. The highest BCUT2D eigenvalue weighted by Crippen LogP contribution is 2.40. The quantitative estimate of drug-likeness (QED) is 0.481. The summed E-state index contributed by atoms with van der Waals surface area (Å²) in [6.45, 7) is 3.44. The predicted molar refractivity (Wildman–Crippen MR) is 135 cm³/mol. The van der Waals surface area contributed by atoms with E-state index in [4.69, 9.17) is 14.6 Å². The summed E-state index contributed by atoms with van der Waals surface area (Å²) in [7, 11) is 0. The lowest BCUT2D eigenvalue weighted by Gasteiger charge is -2.49. The third kappa shape index (κ3) is 5.69. The molecule has 7 nitrogen and oxygen atoms in total. The highest BCUT2D eigenvalue weighted by molar-refractivity contribution is 5.87. The number of carboxylic acid groups (broad SMARTS) is 1. The van der Waals surface area contributed by atoms with Crippen molar-refractivity contribution in [1.82, 2.24) is 10.2 Å². The number of ether oxygens (including phenoxy) is 2. The Balaban J connectivity index is 1.14. The molecule has 0 aliphatic carbocycles. The molecule has 6 rings (SSSR count). The number of aromatic carboxylic acids is 1. The number of carbonyl (C=O) groups excluding carboxylic acids is 1. The van der Waals surface area contributed by atoms with Gasteiger partial charge in [-0.15, -0.1) is 0 Å². The number of benzene rings is 3. The van der Waals surface area contributed by atoms with Gasteiger partial charge in [-0.3, -0.25) is 4.90 Å². The largest absolute Gasteiger partial charge is 0.489 e. The summed E-state index contributed by atoms with van der Waals surface area (Å²) in [5.74, 6) is 0.396. The molecule has 1 amide bonds. The number of carboxylic acids is 1. The first-order valence-corrected chi connectivity index (χ1v) is 12.3. The molecule has 3 aliphatic rings. The lowest BCUT2D eigenvalue weighted by molar-refractivity contribution is -0.0459. The summed E-state index contributed by atoms with van der Waals surface area (Å²) in [4.78, 5) is 26.2. The molecule has 36 heavy (non-hydrogen) atoms. The van der Waals surface area contributed by atoms with Gasteiger partial charge in [0.15, 0.2) is 0 Å². The molecule has 3 saturated heterocycles. The molecular weight excluding hydrogens is 456 g/mol. The third-order valence-corrected chi connectivity index (χ3v) is 7.07. The van der Waals surface area contributed by atoms with Crippen LogP contribution in [0.15, 0.2) is 78.9 Å². The van der Waals surface area contributed by atoms with Crippen LogP contribution in [0, 0.1) is 5.92 Å². The van der Waals surface area contributed by atoms with Gasteiger partial charge < -0.3 is 19.9 Å². The molecule has 3 heterocycles. The summed E-state index contributed by atoms with van der Waals surface area (Å²) < 4.78 is 11.7. The molecule has 4 atom stereocenters. The van der Waals surface area contributed by atoms with Crippen LogP contribution in [0.2, 0.25) is 0 Å². The highest BCUT2D eigenvalue weighted by atomic mass is 16.6. The van der Waals surface area contributed by atoms with E-state index in [1.165, 1.54) is 5.56 Å². The minimum atomic E-state index is -0.967. The van der Waals surface area contributed by atoms with Gasteiger partial charge >= 0.3 is 12.1 Å². The van der Waals surface area contributed by atoms with Crippen molar-refractivity contribution >= 4 is 12.1 Å². The van der Waals surface area contributed by atoms with Crippen molar-refractivity contribution in [3.05, 3.63) is 101 Å². The van der Waals surface area contributed by atoms with Crippen LogP contribution in [0.5, 0.6) is 5.75 Å². The number of piperidine rings is 3. The number of hydrogen-bond donors (Lipinski definition) is 2. The molecule has 3 aromatic rings. The van der Waals surface area contributed by atoms with Crippen LogP contribution in [-0.2, 0) is 17.9 Å². The average Bonchev–Trinajstić information content (AvgIpc) is 2.92. The number of alkyl carbamates (subject to hydrolysis) is 1. The van der Waals surface area contributed by atoms with E-state index in [0.717, 1.165) is 37.2 Å². The molecule has 0 radical (unpaired) electrons. The summed E-state index contributed by atoms with van der Waals surface area (Å²) in [6, 6.07) is 24.7. The standard InChI is InChI=1S/C29H30N2O5/c32-28(33)23-10-4-7-21(14-23)19-35-24-11-5-6-20(15-24)16-30-29(34)36-27-18-31-13-12-25(27)26(17-31)22-8-2-1-3-9-22/h1-11,14-15,25-27H,12-13,16-19H2,(H,30,34)(H,32,33)/t25?,26?,27-/m0/s1. The van der Waals surface area contributed by atoms with E-state index >= 15 is 0 Å². The van der Waals surface area contributed by atoms with Gasteiger partial charge in [0.1, 0.15) is 18.5 Å².